The standard InChI is InChI=1S/C14H17N3O3S/c1-17(2)7-6-14(9-4-3-5-10(18)8-9)11(19)15-13(21)16-12(14)20/h3-5,8,18H,6-7H2,1-2H3,(H2,15,16,19,20,21). The molecule has 0 saturated carbocycles. The van der Waals surface area contributed by atoms with Gasteiger partial charge in [0.05, 0.1) is 0 Å². The summed E-state index contributed by atoms with van der Waals surface area (Å²) in [4.78, 5) is 26.9. The molecule has 1 saturated heterocycles. The van der Waals surface area contributed by atoms with Crippen molar-refractivity contribution < 1.29 is 14.7 Å². The number of carbonyl (C=O) groups excluding carboxylic acids is 2. The molecule has 1 aliphatic heterocycles. The van der Waals surface area contributed by atoms with Crippen LogP contribution in [-0.2, 0) is 15.0 Å². The summed E-state index contributed by atoms with van der Waals surface area (Å²) in [7, 11) is 3.72. The minimum absolute atomic E-state index is 0.00507. The van der Waals surface area contributed by atoms with Gasteiger partial charge in [-0.15, -0.1) is 0 Å². The summed E-state index contributed by atoms with van der Waals surface area (Å²) in [5.41, 5.74) is -0.951. The van der Waals surface area contributed by atoms with E-state index >= 15 is 0 Å². The highest BCUT2D eigenvalue weighted by atomic mass is 32.1. The third-order valence-corrected chi connectivity index (χ3v) is 3.71. The Morgan fingerprint density at radius 2 is 1.86 bits per heavy atom. The van der Waals surface area contributed by atoms with Crippen molar-refractivity contribution in [2.24, 2.45) is 0 Å². The highest BCUT2D eigenvalue weighted by Gasteiger charge is 2.50. The highest BCUT2D eigenvalue weighted by Crippen LogP contribution is 2.32. The molecule has 0 spiro atoms. The van der Waals surface area contributed by atoms with Crippen LogP contribution in [-0.4, -0.2) is 47.6 Å². The molecular formula is C14H17N3O3S. The number of aromatic hydroxyl groups is 1. The Hall–Kier alpha value is -1.99. The summed E-state index contributed by atoms with van der Waals surface area (Å²) >= 11 is 4.85. The molecule has 0 unspecified atom stereocenters. The number of nitrogens with zero attached hydrogens (tertiary/aromatic N) is 1. The second-order valence-electron chi connectivity index (χ2n) is 5.25. The van der Waals surface area contributed by atoms with Gasteiger partial charge in [-0.25, -0.2) is 0 Å². The van der Waals surface area contributed by atoms with Gasteiger partial charge >= 0.3 is 0 Å². The fourth-order valence-electron chi connectivity index (χ4n) is 2.35. The third-order valence-electron chi connectivity index (χ3n) is 3.50. The number of nitrogens with one attached hydrogen (secondary N) is 2. The van der Waals surface area contributed by atoms with Crippen molar-refractivity contribution >= 4 is 29.1 Å². The Kier molecular flexibility index (Phi) is 4.24. The van der Waals surface area contributed by atoms with Crippen molar-refractivity contribution in [1.82, 2.24) is 15.5 Å². The van der Waals surface area contributed by atoms with Crippen molar-refractivity contribution in [2.45, 2.75) is 11.8 Å². The zero-order chi connectivity index (χ0) is 15.6. The Labute approximate surface area is 128 Å². The average molecular weight is 307 g/mol. The van der Waals surface area contributed by atoms with E-state index < -0.39 is 17.2 Å². The van der Waals surface area contributed by atoms with Crippen LogP contribution in [0.5, 0.6) is 5.75 Å². The molecule has 0 atom stereocenters. The molecule has 0 aliphatic carbocycles. The molecule has 0 radical (unpaired) electrons. The lowest BCUT2D eigenvalue weighted by molar-refractivity contribution is -0.138. The predicted molar refractivity (Wildman–Crippen MR) is 81.8 cm³/mol. The van der Waals surface area contributed by atoms with Crippen LogP contribution in [0, 0.1) is 0 Å². The number of hydrogen-bond acceptors (Lipinski definition) is 5. The third kappa shape index (κ3) is 2.88. The summed E-state index contributed by atoms with van der Waals surface area (Å²) in [5, 5.41) is 14.7. The topological polar surface area (TPSA) is 81.7 Å². The minimum Gasteiger partial charge on any atom is -0.508 e. The first-order chi connectivity index (χ1) is 9.86. The Balaban J connectivity index is 2.50. The van der Waals surface area contributed by atoms with Crippen LogP contribution < -0.4 is 10.6 Å². The van der Waals surface area contributed by atoms with Gasteiger partial charge in [0.1, 0.15) is 5.75 Å². The number of phenolic OH excluding ortho intramolecular Hbond substituents is 1. The van der Waals surface area contributed by atoms with Crippen molar-refractivity contribution in [3.63, 3.8) is 0 Å². The Bertz CT molecular complexity index is 581. The molecule has 7 heteroatoms. The molecule has 1 heterocycles. The highest BCUT2D eigenvalue weighted by molar-refractivity contribution is 7.80. The fraction of sp³-hybridized carbons (Fsp3) is 0.357. The van der Waals surface area contributed by atoms with Gasteiger partial charge in [-0.05, 0) is 57.0 Å². The molecule has 2 rings (SSSR count). The van der Waals surface area contributed by atoms with Crippen LogP contribution in [0.1, 0.15) is 12.0 Å². The van der Waals surface area contributed by atoms with E-state index in [0.717, 1.165) is 0 Å². The molecule has 112 valence electrons. The number of phenols is 1. The molecule has 0 aromatic heterocycles. The van der Waals surface area contributed by atoms with E-state index in [4.69, 9.17) is 12.2 Å². The van der Waals surface area contributed by atoms with E-state index in [2.05, 4.69) is 10.6 Å². The maximum Gasteiger partial charge on any atom is 0.246 e. The molecule has 0 bridgehead atoms. The molecule has 2 amide bonds. The van der Waals surface area contributed by atoms with Crippen LogP contribution in [0.3, 0.4) is 0 Å². The van der Waals surface area contributed by atoms with Crippen molar-refractivity contribution in [3.8, 4) is 5.75 Å². The van der Waals surface area contributed by atoms with Gasteiger partial charge < -0.3 is 20.6 Å². The molecule has 1 aromatic rings. The molecule has 1 aromatic carbocycles. The first kappa shape index (κ1) is 15.4. The monoisotopic (exact) mass is 307 g/mol. The molecule has 1 aliphatic rings. The summed E-state index contributed by atoms with van der Waals surface area (Å²) in [6.45, 7) is 0.531. The van der Waals surface area contributed by atoms with E-state index in [9.17, 15) is 14.7 Å². The summed E-state index contributed by atoms with van der Waals surface area (Å²) in [5.74, 6) is -0.933. The van der Waals surface area contributed by atoms with Crippen LogP contribution in [0.2, 0.25) is 0 Å². The Morgan fingerprint density at radius 3 is 2.38 bits per heavy atom. The van der Waals surface area contributed by atoms with E-state index in [1.54, 1.807) is 12.1 Å². The zero-order valence-corrected chi connectivity index (χ0v) is 12.7. The second-order valence-corrected chi connectivity index (χ2v) is 5.65. The lowest BCUT2D eigenvalue weighted by Crippen LogP contribution is -2.65. The lowest BCUT2D eigenvalue weighted by Gasteiger charge is -2.36. The van der Waals surface area contributed by atoms with Crippen molar-refractivity contribution in [3.05, 3.63) is 29.8 Å². The largest absolute Gasteiger partial charge is 0.508 e. The fourth-order valence-corrected chi connectivity index (χ4v) is 2.54. The van der Waals surface area contributed by atoms with Crippen LogP contribution in [0.15, 0.2) is 24.3 Å². The second kappa shape index (κ2) is 5.79. The lowest BCUT2D eigenvalue weighted by atomic mass is 9.74. The normalized spacial score (nSPS) is 17.6. The molecule has 1 fully saturated rings. The summed E-state index contributed by atoms with van der Waals surface area (Å²) < 4.78 is 0. The van der Waals surface area contributed by atoms with E-state index in [-0.39, 0.29) is 17.3 Å². The SMILES string of the molecule is CN(C)CCC1(c2cccc(O)c2)C(=O)NC(=S)NC1=O. The van der Waals surface area contributed by atoms with Gasteiger partial charge in [0, 0.05) is 0 Å². The summed E-state index contributed by atoms with van der Waals surface area (Å²) in [6.07, 6.45) is 0.281. The van der Waals surface area contributed by atoms with E-state index in [1.165, 1.54) is 12.1 Å². The van der Waals surface area contributed by atoms with Crippen LogP contribution in [0.4, 0.5) is 0 Å². The summed E-state index contributed by atoms with van der Waals surface area (Å²) in [6, 6.07) is 6.19. The van der Waals surface area contributed by atoms with Crippen molar-refractivity contribution in [1.29, 1.82) is 0 Å². The average Bonchev–Trinajstić information content (AvgIpc) is 2.37. The number of carbonyl (C=O) groups is 2. The van der Waals surface area contributed by atoms with Gasteiger partial charge in [0.15, 0.2) is 10.5 Å². The van der Waals surface area contributed by atoms with Gasteiger partial charge in [-0.3, -0.25) is 9.59 Å². The maximum absolute atomic E-state index is 12.5. The van der Waals surface area contributed by atoms with E-state index in [1.807, 2.05) is 19.0 Å². The number of benzene rings is 1. The maximum atomic E-state index is 12.5. The Morgan fingerprint density at radius 1 is 1.24 bits per heavy atom. The van der Waals surface area contributed by atoms with E-state index in [0.29, 0.717) is 12.1 Å². The molecule has 21 heavy (non-hydrogen) atoms. The minimum atomic E-state index is -1.40. The number of thiocarbonyl (C=S) groups is 1. The van der Waals surface area contributed by atoms with Gasteiger partial charge in [0.2, 0.25) is 11.8 Å². The quantitative estimate of drug-likeness (QED) is 0.543. The van der Waals surface area contributed by atoms with Gasteiger partial charge in [-0.1, -0.05) is 12.1 Å². The first-order valence-corrected chi connectivity index (χ1v) is 6.88. The van der Waals surface area contributed by atoms with Crippen LogP contribution >= 0.6 is 12.2 Å². The van der Waals surface area contributed by atoms with Gasteiger partial charge in [-0.2, -0.15) is 0 Å². The molecule has 6 nitrogen and oxygen atoms in total. The number of hydrogen-bond donors (Lipinski definition) is 3. The number of amides is 2. The molecular weight excluding hydrogens is 290 g/mol. The smallest absolute Gasteiger partial charge is 0.246 e. The first-order valence-electron chi connectivity index (χ1n) is 6.47. The zero-order valence-electron chi connectivity index (χ0n) is 11.8. The predicted octanol–water partition coefficient (Wildman–Crippen LogP) is 0.113. The number of rotatable bonds is 4. The van der Waals surface area contributed by atoms with Gasteiger partial charge in [0.25, 0.3) is 0 Å². The van der Waals surface area contributed by atoms with Crippen molar-refractivity contribution in [2.75, 3.05) is 20.6 Å². The van der Waals surface area contributed by atoms with Crippen LogP contribution in [0.25, 0.3) is 0 Å². The molecule has 3 N–H and O–H groups in total.